The van der Waals surface area contributed by atoms with E-state index >= 15 is 0 Å². The second-order valence-electron chi connectivity index (χ2n) is 15.4. The van der Waals surface area contributed by atoms with Crippen LogP contribution in [0, 0.1) is 11.8 Å². The molecular formula is C41H52N4O9S2. The Morgan fingerprint density at radius 1 is 1.12 bits per heavy atom. The van der Waals surface area contributed by atoms with Crippen molar-refractivity contribution in [3.63, 3.8) is 0 Å². The van der Waals surface area contributed by atoms with Gasteiger partial charge in [0.2, 0.25) is 5.75 Å². The number of aromatic hydroxyl groups is 3. The number of phenols is 3. The maximum absolute atomic E-state index is 12.6. The minimum absolute atomic E-state index is 0.0226. The third kappa shape index (κ3) is 9.55. The van der Waals surface area contributed by atoms with Gasteiger partial charge in [-0.3, -0.25) is 14.8 Å². The molecule has 4 aliphatic rings. The first-order valence-electron chi connectivity index (χ1n) is 19.5. The summed E-state index contributed by atoms with van der Waals surface area (Å²) in [4.78, 5) is 21.0. The first-order valence-corrected chi connectivity index (χ1v) is 21.8. The van der Waals surface area contributed by atoms with Crippen molar-refractivity contribution in [2.75, 3.05) is 25.5 Å². The van der Waals surface area contributed by atoms with Crippen molar-refractivity contribution >= 4 is 33.5 Å². The van der Waals surface area contributed by atoms with Gasteiger partial charge in [-0.15, -0.1) is 0 Å². The Hall–Kier alpha value is -4.05. The SMILES string of the molecule is CC(=O)OC1CC(c2cc(O)c(O)c(OCCc3cccnc3)c2)OC2C1CCC1SSCC3(NC(N)=NCCO)CCCC(C3)Oc3cc(ccc3O)CC12. The van der Waals surface area contributed by atoms with Crippen molar-refractivity contribution in [1.82, 2.24) is 10.3 Å². The zero-order chi connectivity index (χ0) is 39.2. The molecule has 7 rings (SSSR count). The van der Waals surface area contributed by atoms with Crippen LogP contribution in [0.25, 0.3) is 0 Å². The Kier molecular flexibility index (Phi) is 12.9. The summed E-state index contributed by atoms with van der Waals surface area (Å²) >= 11 is 0. The number of aliphatic imine (C=N–C) groups is 1. The van der Waals surface area contributed by atoms with E-state index in [1.54, 1.807) is 35.3 Å². The number of nitrogens with two attached hydrogens (primary N) is 1. The van der Waals surface area contributed by atoms with E-state index in [1.165, 1.54) is 13.0 Å². The molecule has 8 atom stereocenters. The molecule has 3 aromatic rings. The molecule has 1 saturated heterocycles. The number of hydrogen-bond donors (Lipinski definition) is 6. The second-order valence-corrected chi connectivity index (χ2v) is 18.0. The molecule has 1 aromatic heterocycles. The Bertz CT molecular complexity index is 1850. The molecule has 0 spiro atoms. The maximum Gasteiger partial charge on any atom is 0.302 e. The number of fused-ring (bicyclic) bond motifs is 7. The molecular weight excluding hydrogens is 757 g/mol. The van der Waals surface area contributed by atoms with Gasteiger partial charge in [0.25, 0.3) is 0 Å². The van der Waals surface area contributed by atoms with Crippen LogP contribution < -0.4 is 20.5 Å². The van der Waals surface area contributed by atoms with Crippen molar-refractivity contribution in [1.29, 1.82) is 0 Å². The van der Waals surface area contributed by atoms with E-state index in [-0.39, 0.29) is 78.0 Å². The number of aliphatic hydroxyl groups excluding tert-OH is 1. The Morgan fingerprint density at radius 2 is 2.00 bits per heavy atom. The monoisotopic (exact) mass is 808 g/mol. The maximum atomic E-state index is 12.6. The molecule has 8 unspecified atom stereocenters. The summed E-state index contributed by atoms with van der Waals surface area (Å²) in [6.45, 7) is 1.80. The fourth-order valence-corrected chi connectivity index (χ4v) is 12.3. The van der Waals surface area contributed by atoms with Crippen LogP contribution in [0.1, 0.15) is 74.7 Å². The van der Waals surface area contributed by atoms with Crippen LogP contribution in [0.4, 0.5) is 0 Å². The van der Waals surface area contributed by atoms with Gasteiger partial charge >= 0.3 is 5.97 Å². The van der Waals surface area contributed by atoms with Crippen molar-refractivity contribution in [3.05, 3.63) is 71.5 Å². The average Bonchev–Trinajstić information content (AvgIpc) is 3.18. The summed E-state index contributed by atoms with van der Waals surface area (Å²) in [5.74, 6) is 0.536. The number of pyridine rings is 1. The van der Waals surface area contributed by atoms with E-state index < -0.39 is 17.7 Å². The number of rotatable bonds is 9. The molecule has 0 radical (unpaired) electrons. The Balaban J connectivity index is 1.19. The lowest BCUT2D eigenvalue weighted by Gasteiger charge is -2.50. The minimum atomic E-state index is -0.569. The van der Waals surface area contributed by atoms with E-state index in [0.717, 1.165) is 49.0 Å². The number of aliphatic hydroxyl groups is 1. The molecule has 302 valence electrons. The lowest BCUT2D eigenvalue weighted by molar-refractivity contribution is -0.191. The predicted octanol–water partition coefficient (Wildman–Crippen LogP) is 5.57. The number of guanidine groups is 1. The highest BCUT2D eigenvalue weighted by atomic mass is 33.1. The molecule has 2 aromatic carbocycles. The van der Waals surface area contributed by atoms with Gasteiger partial charge in [0, 0.05) is 61.4 Å². The van der Waals surface area contributed by atoms with E-state index in [0.29, 0.717) is 43.0 Å². The zero-order valence-electron chi connectivity index (χ0n) is 31.5. The normalized spacial score (nSPS) is 29.2. The molecule has 13 nitrogen and oxygen atoms in total. The lowest BCUT2D eigenvalue weighted by Crippen LogP contribution is -2.57. The molecule has 3 fully saturated rings. The van der Waals surface area contributed by atoms with Gasteiger partial charge in [-0.1, -0.05) is 33.7 Å². The van der Waals surface area contributed by atoms with Gasteiger partial charge in [-0.2, -0.15) is 0 Å². The van der Waals surface area contributed by atoms with Crippen molar-refractivity contribution in [3.8, 4) is 28.7 Å². The number of ether oxygens (including phenoxy) is 4. The molecule has 0 amide bonds. The predicted molar refractivity (Wildman–Crippen MR) is 215 cm³/mol. The van der Waals surface area contributed by atoms with Crippen molar-refractivity contribution in [2.24, 2.45) is 22.6 Å². The highest BCUT2D eigenvalue weighted by molar-refractivity contribution is 8.77. The summed E-state index contributed by atoms with van der Waals surface area (Å²) in [7, 11) is 3.64. The average molecular weight is 809 g/mol. The van der Waals surface area contributed by atoms with Gasteiger partial charge in [-0.25, -0.2) is 0 Å². The van der Waals surface area contributed by atoms with Crippen LogP contribution in [0.3, 0.4) is 0 Å². The fraction of sp³-hybridized carbons (Fsp3) is 0.537. The van der Waals surface area contributed by atoms with Gasteiger partial charge < -0.3 is 50.4 Å². The van der Waals surface area contributed by atoms with Crippen LogP contribution in [0.5, 0.6) is 28.7 Å². The van der Waals surface area contributed by atoms with Crippen LogP contribution in [0.15, 0.2) is 59.9 Å². The van der Waals surface area contributed by atoms with E-state index in [1.807, 2.05) is 35.1 Å². The van der Waals surface area contributed by atoms with E-state index in [2.05, 4.69) is 15.3 Å². The van der Waals surface area contributed by atoms with Gasteiger partial charge in [0.15, 0.2) is 29.0 Å². The molecule has 56 heavy (non-hydrogen) atoms. The van der Waals surface area contributed by atoms with E-state index in [9.17, 15) is 25.2 Å². The van der Waals surface area contributed by atoms with Crippen LogP contribution in [0.2, 0.25) is 0 Å². The largest absolute Gasteiger partial charge is 0.504 e. The number of aromatic nitrogens is 1. The smallest absolute Gasteiger partial charge is 0.302 e. The number of carbonyl (C=O) groups excluding carboxylic acids is 1. The van der Waals surface area contributed by atoms with Crippen LogP contribution in [-0.2, 0) is 27.1 Å². The molecule has 3 heterocycles. The molecule has 7 N–H and O–H groups in total. The number of nitrogens with zero attached hydrogens (tertiary/aromatic N) is 2. The minimum Gasteiger partial charge on any atom is -0.504 e. The van der Waals surface area contributed by atoms with Gasteiger partial charge in [-0.05, 0) is 85.5 Å². The van der Waals surface area contributed by atoms with Gasteiger partial charge in [0.05, 0.1) is 37.5 Å². The highest BCUT2D eigenvalue weighted by Gasteiger charge is 2.50. The first kappa shape index (κ1) is 40.2. The number of carbonyl (C=O) groups is 1. The van der Waals surface area contributed by atoms with E-state index in [4.69, 9.17) is 24.7 Å². The van der Waals surface area contributed by atoms with Crippen LogP contribution >= 0.6 is 21.6 Å². The summed E-state index contributed by atoms with van der Waals surface area (Å²) in [5.41, 5.74) is 8.52. The number of phenolic OH excluding ortho intramolecular Hbond substituents is 3. The molecule has 2 saturated carbocycles. The first-order chi connectivity index (χ1) is 27.1. The number of esters is 1. The summed E-state index contributed by atoms with van der Waals surface area (Å²) in [6.07, 6.45) is 8.51. The van der Waals surface area contributed by atoms with Gasteiger partial charge in [0.1, 0.15) is 12.2 Å². The third-order valence-electron chi connectivity index (χ3n) is 11.4. The molecule has 2 aliphatic carbocycles. The number of hydrogen-bond acceptors (Lipinski definition) is 13. The topological polar surface area (TPSA) is 198 Å². The third-order valence-corrected chi connectivity index (χ3v) is 14.5. The lowest BCUT2D eigenvalue weighted by atomic mass is 9.70. The highest BCUT2D eigenvalue weighted by Crippen LogP contribution is 2.52. The summed E-state index contributed by atoms with van der Waals surface area (Å²) < 4.78 is 25.7. The fourth-order valence-electron chi connectivity index (χ4n) is 8.80. The zero-order valence-corrected chi connectivity index (χ0v) is 33.2. The Morgan fingerprint density at radius 3 is 2.80 bits per heavy atom. The van der Waals surface area contributed by atoms with Crippen LogP contribution in [-0.4, -0.2) is 92.0 Å². The quantitative estimate of drug-likeness (QED) is 0.0516. The van der Waals surface area contributed by atoms with Crippen molar-refractivity contribution < 1.29 is 44.2 Å². The standard InChI is InChI=1S/C41H52N4O9S2/c1-24(47)52-34-20-33(27-18-32(49)38(50)36(19-27)51-15-10-25-4-3-12-43-22-25)54-39-29(34)7-9-37-30(39)16-26-6-8-31(48)35(17-26)53-28-5-2-11-41(21-28,23-55-56-37)45-40(42)44-13-14-46/h3-4,6,8,12,17-19,22,28-30,33-34,37,39,46,48-50H,2,5,7,9-11,13-16,20-21,23H2,1H3,(H3,42,44,45). The number of nitrogens with one attached hydrogen (secondary N) is 1. The molecule has 2 aliphatic heterocycles. The Labute approximate surface area is 335 Å². The molecule has 15 heteroatoms. The van der Waals surface area contributed by atoms with Crippen molar-refractivity contribution in [2.45, 2.75) is 99.9 Å². The second kappa shape index (κ2) is 18.0. The number of benzene rings is 2. The summed E-state index contributed by atoms with van der Waals surface area (Å²) in [6, 6.07) is 12.6. The summed E-state index contributed by atoms with van der Waals surface area (Å²) in [5, 5.41) is 45.7. The molecule has 4 bridgehead atoms.